The highest BCUT2D eigenvalue weighted by atomic mass is 16.5. The fourth-order valence-corrected chi connectivity index (χ4v) is 5.78. The van der Waals surface area contributed by atoms with Gasteiger partial charge in [-0.05, 0) is 71.3 Å². The lowest BCUT2D eigenvalue weighted by atomic mass is 9.82. The van der Waals surface area contributed by atoms with Crippen LogP contribution in [0.15, 0.2) is 11.6 Å². The Morgan fingerprint density at radius 1 is 1.03 bits per heavy atom. The van der Waals surface area contributed by atoms with Crippen LogP contribution in [0.2, 0.25) is 0 Å². The minimum Gasteiger partial charge on any atom is -0.463 e. The minimum absolute atomic E-state index is 0.00772. The Hall–Kier alpha value is -1.89. The van der Waals surface area contributed by atoms with Gasteiger partial charge in [0.1, 0.15) is 6.04 Å². The Morgan fingerprint density at radius 3 is 2.25 bits per heavy atom. The van der Waals surface area contributed by atoms with E-state index < -0.39 is 6.04 Å². The number of likely N-dealkylation sites (tertiary alicyclic amines) is 1. The van der Waals surface area contributed by atoms with Gasteiger partial charge in [0.15, 0.2) is 0 Å². The third kappa shape index (κ3) is 8.06. The number of hydrogen-bond acceptors (Lipinski definition) is 5. The topological polar surface area (TPSA) is 79.0 Å². The number of carbonyl (C=O) groups is 3. The Bertz CT molecular complexity index is 760. The number of carbonyl (C=O) groups excluding carboxylic acids is 3. The molecule has 0 aromatic rings. The van der Waals surface area contributed by atoms with Crippen LogP contribution in [0.25, 0.3) is 0 Å². The number of hydrogen-bond donors (Lipinski definition) is 1. The molecule has 1 saturated carbocycles. The number of nitrogens with zero attached hydrogens (tertiary/aromatic N) is 2. The van der Waals surface area contributed by atoms with Crippen LogP contribution in [0.3, 0.4) is 0 Å². The van der Waals surface area contributed by atoms with Gasteiger partial charge in [-0.25, -0.2) is 4.79 Å². The van der Waals surface area contributed by atoms with Gasteiger partial charge in [-0.15, -0.1) is 0 Å². The normalized spacial score (nSPS) is 22.6. The molecule has 0 aromatic heterocycles. The van der Waals surface area contributed by atoms with E-state index in [1.165, 1.54) is 6.42 Å². The van der Waals surface area contributed by atoms with Crippen LogP contribution >= 0.6 is 0 Å². The van der Waals surface area contributed by atoms with Crippen molar-refractivity contribution in [1.82, 2.24) is 15.1 Å². The standard InChI is InChI=1S/C29H51N3O4/c1-8-22(6)32-18-14-13-17-24(32)27(33)30-26(23-15-11-10-12-16-23)28(34)31(7)25(20(3)4)19-21(5)29(35)36-9-2/h19-20,22-26H,8-18H2,1-7H3,(H,30,33)/b21-19+/t22?,24?,25-,26?/m1/s1. The number of nitrogens with one attached hydrogen (secondary N) is 1. The predicted molar refractivity (Wildman–Crippen MR) is 144 cm³/mol. The van der Waals surface area contributed by atoms with Crippen molar-refractivity contribution in [2.24, 2.45) is 11.8 Å². The fraction of sp³-hybridized carbons (Fsp3) is 0.828. The summed E-state index contributed by atoms with van der Waals surface area (Å²) < 4.78 is 5.15. The van der Waals surface area contributed by atoms with E-state index in [1.807, 2.05) is 19.9 Å². The average molecular weight is 506 g/mol. The van der Waals surface area contributed by atoms with E-state index >= 15 is 0 Å². The lowest BCUT2D eigenvalue weighted by Gasteiger charge is -2.41. The molecule has 36 heavy (non-hydrogen) atoms. The molecule has 1 saturated heterocycles. The highest BCUT2D eigenvalue weighted by Gasteiger charge is 2.38. The maximum Gasteiger partial charge on any atom is 0.333 e. The Labute approximate surface area is 219 Å². The number of amides is 2. The molecule has 1 aliphatic heterocycles. The summed E-state index contributed by atoms with van der Waals surface area (Å²) >= 11 is 0. The summed E-state index contributed by atoms with van der Waals surface area (Å²) in [5.74, 6) is -0.186. The molecule has 3 unspecified atom stereocenters. The van der Waals surface area contributed by atoms with Crippen molar-refractivity contribution in [1.29, 1.82) is 0 Å². The van der Waals surface area contributed by atoms with Gasteiger partial charge in [0.2, 0.25) is 11.8 Å². The number of ether oxygens (including phenoxy) is 1. The monoisotopic (exact) mass is 505 g/mol. The average Bonchev–Trinajstić information content (AvgIpc) is 2.89. The molecule has 2 aliphatic rings. The van der Waals surface area contributed by atoms with Crippen molar-refractivity contribution >= 4 is 17.8 Å². The summed E-state index contributed by atoms with van der Waals surface area (Å²) in [6.07, 6.45) is 11.1. The van der Waals surface area contributed by atoms with E-state index in [4.69, 9.17) is 4.74 Å². The third-order valence-electron chi connectivity index (χ3n) is 8.18. The molecule has 1 aliphatic carbocycles. The van der Waals surface area contributed by atoms with Crippen molar-refractivity contribution in [2.45, 2.75) is 123 Å². The maximum atomic E-state index is 14.0. The summed E-state index contributed by atoms with van der Waals surface area (Å²) in [5, 5.41) is 3.25. The first-order valence-electron chi connectivity index (χ1n) is 14.3. The SMILES string of the molecule is CCOC(=O)/C(C)=C/[C@H](C(C)C)N(C)C(=O)C(NC(=O)C1CCCCN1C(C)CC)C1CCCCC1. The van der Waals surface area contributed by atoms with Crippen LogP contribution in [0.4, 0.5) is 0 Å². The van der Waals surface area contributed by atoms with Crippen LogP contribution < -0.4 is 5.32 Å². The molecule has 2 fully saturated rings. The molecule has 0 spiro atoms. The molecule has 2 amide bonds. The molecule has 2 rings (SSSR count). The van der Waals surface area contributed by atoms with Gasteiger partial charge in [0.05, 0.1) is 18.7 Å². The van der Waals surface area contributed by atoms with E-state index in [0.29, 0.717) is 18.2 Å². The highest BCUT2D eigenvalue weighted by molar-refractivity contribution is 5.91. The van der Waals surface area contributed by atoms with Crippen molar-refractivity contribution < 1.29 is 19.1 Å². The van der Waals surface area contributed by atoms with Crippen molar-refractivity contribution in [3.05, 3.63) is 11.6 Å². The smallest absolute Gasteiger partial charge is 0.333 e. The summed E-state index contributed by atoms with van der Waals surface area (Å²) in [4.78, 5) is 44.0. The number of rotatable bonds is 11. The predicted octanol–water partition coefficient (Wildman–Crippen LogP) is 4.70. The fourth-order valence-electron chi connectivity index (χ4n) is 5.78. The maximum absolute atomic E-state index is 14.0. The molecule has 1 N–H and O–H groups in total. The first kappa shape index (κ1) is 30.3. The zero-order chi connectivity index (χ0) is 26.8. The van der Waals surface area contributed by atoms with Gasteiger partial charge >= 0.3 is 5.97 Å². The van der Waals surface area contributed by atoms with E-state index in [0.717, 1.165) is 57.9 Å². The molecular formula is C29H51N3O4. The Balaban J connectivity index is 2.28. The van der Waals surface area contributed by atoms with Gasteiger partial charge in [-0.2, -0.15) is 0 Å². The van der Waals surface area contributed by atoms with Gasteiger partial charge in [0.25, 0.3) is 0 Å². The van der Waals surface area contributed by atoms with Crippen LogP contribution in [0.1, 0.15) is 99.3 Å². The molecule has 0 bridgehead atoms. The number of piperidine rings is 1. The molecular weight excluding hydrogens is 454 g/mol. The molecule has 7 heteroatoms. The second-order valence-electron chi connectivity index (χ2n) is 11.1. The lowest BCUT2D eigenvalue weighted by Crippen LogP contribution is -2.59. The Kier molecular flexibility index (Phi) is 12.4. The lowest BCUT2D eigenvalue weighted by molar-refractivity contribution is -0.141. The second kappa shape index (κ2) is 14.7. The van der Waals surface area contributed by atoms with Crippen molar-refractivity contribution in [3.63, 3.8) is 0 Å². The van der Waals surface area contributed by atoms with E-state index in [9.17, 15) is 14.4 Å². The van der Waals surface area contributed by atoms with Crippen LogP contribution in [0.5, 0.6) is 0 Å². The van der Waals surface area contributed by atoms with Crippen molar-refractivity contribution in [2.75, 3.05) is 20.2 Å². The quantitative estimate of drug-likeness (QED) is 0.325. The van der Waals surface area contributed by atoms with E-state index in [1.54, 1.807) is 25.8 Å². The van der Waals surface area contributed by atoms with Crippen LogP contribution in [0, 0.1) is 11.8 Å². The molecule has 1 heterocycles. The first-order valence-corrected chi connectivity index (χ1v) is 14.3. The van der Waals surface area contributed by atoms with Crippen molar-refractivity contribution in [3.8, 4) is 0 Å². The Morgan fingerprint density at radius 2 is 1.67 bits per heavy atom. The number of likely N-dealkylation sites (N-methyl/N-ethyl adjacent to an activating group) is 1. The minimum atomic E-state index is -0.541. The van der Waals surface area contributed by atoms with Gasteiger partial charge in [-0.1, -0.05) is 52.5 Å². The molecule has 7 nitrogen and oxygen atoms in total. The van der Waals surface area contributed by atoms with Crippen LogP contribution in [-0.2, 0) is 19.1 Å². The molecule has 4 atom stereocenters. The summed E-state index contributed by atoms with van der Waals surface area (Å²) in [6.45, 7) is 13.2. The zero-order valence-electron chi connectivity index (χ0n) is 23.8. The number of esters is 1. The van der Waals surface area contributed by atoms with Gasteiger partial charge in [0, 0.05) is 18.7 Å². The first-order chi connectivity index (χ1) is 17.1. The van der Waals surface area contributed by atoms with Gasteiger partial charge in [-0.3, -0.25) is 14.5 Å². The summed E-state index contributed by atoms with van der Waals surface area (Å²) in [5.41, 5.74) is 0.500. The van der Waals surface area contributed by atoms with Gasteiger partial charge < -0.3 is 15.0 Å². The molecule has 0 aromatic carbocycles. The van der Waals surface area contributed by atoms with Crippen LogP contribution in [-0.4, -0.2) is 72.0 Å². The third-order valence-corrected chi connectivity index (χ3v) is 8.18. The zero-order valence-corrected chi connectivity index (χ0v) is 23.8. The molecule has 206 valence electrons. The van der Waals surface area contributed by atoms with E-state index in [-0.39, 0.29) is 41.7 Å². The van der Waals surface area contributed by atoms with E-state index in [2.05, 4.69) is 24.1 Å². The summed E-state index contributed by atoms with van der Waals surface area (Å²) in [7, 11) is 1.80. The summed E-state index contributed by atoms with van der Waals surface area (Å²) in [6, 6.07) is -0.643. The highest BCUT2D eigenvalue weighted by Crippen LogP contribution is 2.29. The molecule has 0 radical (unpaired) electrons. The largest absolute Gasteiger partial charge is 0.463 e. The second-order valence-corrected chi connectivity index (χ2v) is 11.1.